The predicted octanol–water partition coefficient (Wildman–Crippen LogP) is 13.0. The van der Waals surface area contributed by atoms with Crippen LogP contribution >= 0.6 is 11.3 Å². The number of aromatic nitrogens is 2. The molecule has 0 amide bonds. The van der Waals surface area contributed by atoms with Gasteiger partial charge in [0, 0.05) is 37.2 Å². The first-order valence-electron chi connectivity index (χ1n) is 19.1. The van der Waals surface area contributed by atoms with Crippen LogP contribution in [0.25, 0.3) is 53.8 Å². The van der Waals surface area contributed by atoms with Crippen LogP contribution in [-0.2, 0) is 32.9 Å². The molecule has 4 aromatic carbocycles. The third-order valence-electron chi connectivity index (χ3n) is 10.3. The fraction of sp³-hybridized carbons (Fsp3) is 0.292. The van der Waals surface area contributed by atoms with Crippen LogP contribution in [0.2, 0.25) is 19.6 Å². The van der Waals surface area contributed by atoms with Gasteiger partial charge in [-0.3, -0.25) is 0 Å². The van der Waals surface area contributed by atoms with Crippen molar-refractivity contribution in [3.8, 4) is 33.6 Å². The second kappa shape index (κ2) is 17.6. The molecule has 0 N–H and O–H groups in total. The van der Waals surface area contributed by atoms with E-state index in [0.717, 1.165) is 34.9 Å². The van der Waals surface area contributed by atoms with Gasteiger partial charge in [-0.15, -0.1) is 53.6 Å². The van der Waals surface area contributed by atoms with Crippen LogP contribution in [0, 0.1) is 24.0 Å². The summed E-state index contributed by atoms with van der Waals surface area (Å²) < 4.78 is 2.61. The molecule has 0 atom stereocenters. The van der Waals surface area contributed by atoms with Crippen molar-refractivity contribution >= 4 is 44.8 Å². The van der Waals surface area contributed by atoms with E-state index in [1.54, 1.807) is 0 Å². The largest absolute Gasteiger partial charge is 0.305 e. The van der Waals surface area contributed by atoms with Crippen LogP contribution < -0.4 is 5.19 Å². The zero-order valence-corrected chi connectivity index (χ0v) is 35.9. The molecule has 0 spiro atoms. The van der Waals surface area contributed by atoms with Crippen molar-refractivity contribution in [1.82, 2.24) is 9.97 Å². The van der Waals surface area contributed by atoms with E-state index >= 15 is 0 Å². The second-order valence-corrected chi connectivity index (χ2v) is 21.9. The standard InChI is InChI=1S/C30H26NS.C18H24NSi.Ir/c1-3-9-21(10-4-1)19-22-17-18-31-27(20-22)25-16-15-24(23-11-5-2-6-12-23)29-26-13-7-8-14-28(26)32-30(25)29;1-14(2)11-16-12-17(15-9-7-6-8-10-15)19-13-18(16)20(3,4)5;/h2,5-8,11-15,17-18,20-21H,1,3-4,9-10,19H2;6-9,12-14H,11H2,1-5H3;/q2*-1;. The molecule has 0 saturated heterocycles. The molecule has 0 aliphatic heterocycles. The van der Waals surface area contributed by atoms with Gasteiger partial charge in [-0.05, 0) is 63.5 Å². The van der Waals surface area contributed by atoms with Gasteiger partial charge in [-0.1, -0.05) is 154 Å². The molecule has 5 heteroatoms. The van der Waals surface area contributed by atoms with Crippen molar-refractivity contribution in [3.63, 3.8) is 0 Å². The number of benzene rings is 4. The van der Waals surface area contributed by atoms with Crippen molar-refractivity contribution in [3.05, 3.63) is 139 Å². The molecule has 273 valence electrons. The molecule has 8 rings (SSSR count). The third-order valence-corrected chi connectivity index (χ3v) is 13.5. The SMILES string of the molecule is CC(C)Cc1cc(-c2[c-]cccc2)ncc1[Si](C)(C)C.[Ir].[c-]1cc(-c2ccccc2)c2c(sc3ccccc32)c1-c1cc(CC2CCCCC2)ccn1. The minimum Gasteiger partial charge on any atom is -0.305 e. The summed E-state index contributed by atoms with van der Waals surface area (Å²) in [5.41, 5.74) is 9.69. The van der Waals surface area contributed by atoms with E-state index in [-0.39, 0.29) is 20.1 Å². The summed E-state index contributed by atoms with van der Waals surface area (Å²) in [4.78, 5) is 9.49. The Balaban J connectivity index is 0.000000199. The Morgan fingerprint density at radius 2 is 1.57 bits per heavy atom. The number of hydrogen-bond acceptors (Lipinski definition) is 3. The van der Waals surface area contributed by atoms with Crippen LogP contribution in [0.5, 0.6) is 0 Å². The van der Waals surface area contributed by atoms with Crippen LogP contribution in [0.15, 0.2) is 116 Å². The number of rotatable bonds is 8. The third kappa shape index (κ3) is 9.32. The van der Waals surface area contributed by atoms with Crippen LogP contribution in [0.1, 0.15) is 57.1 Å². The quantitative estimate of drug-likeness (QED) is 0.112. The van der Waals surface area contributed by atoms with Crippen molar-refractivity contribution < 1.29 is 20.1 Å². The van der Waals surface area contributed by atoms with Gasteiger partial charge in [-0.25, -0.2) is 0 Å². The summed E-state index contributed by atoms with van der Waals surface area (Å²) in [7, 11) is -1.34. The van der Waals surface area contributed by atoms with Crippen molar-refractivity contribution in [1.29, 1.82) is 0 Å². The molecule has 0 bridgehead atoms. The molecule has 2 nitrogen and oxygen atoms in total. The van der Waals surface area contributed by atoms with Gasteiger partial charge in [0.25, 0.3) is 0 Å². The van der Waals surface area contributed by atoms with Crippen molar-refractivity contribution in [2.24, 2.45) is 11.8 Å². The molecule has 0 unspecified atom stereocenters. The summed E-state index contributed by atoms with van der Waals surface area (Å²) in [6.45, 7) is 11.7. The Hall–Kier alpha value is -3.73. The fourth-order valence-electron chi connectivity index (χ4n) is 7.75. The fourth-order valence-corrected chi connectivity index (χ4v) is 10.6. The topological polar surface area (TPSA) is 25.8 Å². The van der Waals surface area contributed by atoms with E-state index < -0.39 is 8.07 Å². The van der Waals surface area contributed by atoms with Crippen molar-refractivity contribution in [2.75, 3.05) is 0 Å². The normalized spacial score (nSPS) is 13.5. The van der Waals surface area contributed by atoms with Crippen LogP contribution in [-0.4, -0.2) is 18.0 Å². The van der Waals surface area contributed by atoms with Gasteiger partial charge in [0.15, 0.2) is 0 Å². The molecule has 1 aliphatic carbocycles. The Kier molecular flexibility index (Phi) is 12.9. The first-order chi connectivity index (χ1) is 25.2. The van der Waals surface area contributed by atoms with Crippen molar-refractivity contribution in [2.45, 2.75) is 78.4 Å². The first-order valence-corrected chi connectivity index (χ1v) is 23.4. The Labute approximate surface area is 335 Å². The number of nitrogens with zero attached hydrogens (tertiary/aromatic N) is 2. The van der Waals surface area contributed by atoms with Gasteiger partial charge in [0.2, 0.25) is 0 Å². The molecule has 3 heterocycles. The molecule has 1 fully saturated rings. The number of thiophene rings is 1. The molecule has 1 radical (unpaired) electrons. The van der Waals surface area contributed by atoms with Crippen LogP contribution in [0.3, 0.4) is 0 Å². The maximum absolute atomic E-state index is 4.80. The molecule has 53 heavy (non-hydrogen) atoms. The monoisotopic (exact) mass is 907 g/mol. The van der Waals surface area contributed by atoms with Gasteiger partial charge in [-0.2, -0.15) is 11.3 Å². The van der Waals surface area contributed by atoms with Gasteiger partial charge < -0.3 is 9.97 Å². The zero-order chi connectivity index (χ0) is 36.1. The smallest absolute Gasteiger partial charge is 0.0798 e. The minimum atomic E-state index is -1.34. The van der Waals surface area contributed by atoms with Gasteiger partial charge in [0.05, 0.1) is 8.07 Å². The van der Waals surface area contributed by atoms with E-state index in [4.69, 9.17) is 4.98 Å². The van der Waals surface area contributed by atoms with Gasteiger partial charge in [0.1, 0.15) is 0 Å². The molecule has 3 aromatic heterocycles. The maximum atomic E-state index is 4.80. The molecule has 1 saturated carbocycles. The maximum Gasteiger partial charge on any atom is 0.0798 e. The number of fused-ring (bicyclic) bond motifs is 3. The molecular weight excluding hydrogens is 857 g/mol. The van der Waals surface area contributed by atoms with E-state index in [9.17, 15) is 0 Å². The van der Waals surface area contributed by atoms with Gasteiger partial charge >= 0.3 is 0 Å². The first kappa shape index (κ1) is 39.0. The second-order valence-electron chi connectivity index (χ2n) is 15.9. The average Bonchev–Trinajstić information content (AvgIpc) is 3.55. The number of pyridine rings is 2. The molecule has 7 aromatic rings. The van der Waals surface area contributed by atoms with E-state index in [1.807, 2.05) is 35.7 Å². The summed E-state index contributed by atoms with van der Waals surface area (Å²) in [5.74, 6) is 1.49. The summed E-state index contributed by atoms with van der Waals surface area (Å²) in [6, 6.07) is 43.4. The van der Waals surface area contributed by atoms with E-state index in [0.29, 0.717) is 5.92 Å². The van der Waals surface area contributed by atoms with Crippen LogP contribution in [0.4, 0.5) is 0 Å². The predicted molar refractivity (Wildman–Crippen MR) is 227 cm³/mol. The summed E-state index contributed by atoms with van der Waals surface area (Å²) in [6.07, 6.45) is 13.3. The molecular formula is C48H50IrN2SSi-2. The zero-order valence-electron chi connectivity index (χ0n) is 31.7. The summed E-state index contributed by atoms with van der Waals surface area (Å²) >= 11 is 1.86. The Morgan fingerprint density at radius 3 is 2.30 bits per heavy atom. The summed E-state index contributed by atoms with van der Waals surface area (Å²) in [5, 5.41) is 4.14. The molecule has 1 aliphatic rings. The Morgan fingerprint density at radius 1 is 0.811 bits per heavy atom. The number of hydrogen-bond donors (Lipinski definition) is 0. The Bertz CT molecular complexity index is 2250. The average molecular weight is 907 g/mol. The van der Waals surface area contributed by atoms with E-state index in [2.05, 4.69) is 142 Å². The van der Waals surface area contributed by atoms with E-state index in [1.165, 1.54) is 86.1 Å². The minimum absolute atomic E-state index is 0.